The highest BCUT2D eigenvalue weighted by Crippen LogP contribution is 2.27. The van der Waals surface area contributed by atoms with Crippen molar-refractivity contribution in [1.82, 2.24) is 0 Å². The molecule has 0 fully saturated rings. The maximum absolute atomic E-state index is 6.01. The molecule has 1 aliphatic rings. The Hall–Kier alpha value is -1.28. The third-order valence-corrected chi connectivity index (χ3v) is 3.20. The van der Waals surface area contributed by atoms with Crippen molar-refractivity contribution >= 4 is 5.69 Å². The normalized spacial score (nSPS) is 18.2. The van der Waals surface area contributed by atoms with Crippen LogP contribution in [0.1, 0.15) is 31.9 Å². The fourth-order valence-corrected chi connectivity index (χ4v) is 2.15. The van der Waals surface area contributed by atoms with Gasteiger partial charge in [-0.2, -0.15) is 0 Å². The van der Waals surface area contributed by atoms with E-state index in [-0.39, 0.29) is 6.04 Å². The molecule has 0 unspecified atom stereocenters. The fraction of sp³-hybridized carbons (Fsp3) is 0.429. The molecule has 0 radical (unpaired) electrons. The largest absolute Gasteiger partial charge is 0.367 e. The summed E-state index contributed by atoms with van der Waals surface area (Å²) in [6.07, 6.45) is 3.47. The highest BCUT2D eigenvalue weighted by Gasteiger charge is 2.14. The van der Waals surface area contributed by atoms with Crippen molar-refractivity contribution in [2.24, 2.45) is 5.73 Å². The van der Waals surface area contributed by atoms with Crippen LogP contribution in [-0.4, -0.2) is 13.1 Å². The lowest BCUT2D eigenvalue weighted by molar-refractivity contribution is 0.759. The first-order valence-electron chi connectivity index (χ1n) is 5.93. The minimum atomic E-state index is 0.100. The van der Waals surface area contributed by atoms with Crippen LogP contribution in [0.5, 0.6) is 0 Å². The molecule has 0 saturated carbocycles. The van der Waals surface area contributed by atoms with Gasteiger partial charge in [-0.05, 0) is 31.9 Å². The number of hydrogen-bond acceptors (Lipinski definition) is 2. The monoisotopic (exact) mass is 216 g/mol. The molecule has 2 N–H and O–H groups in total. The van der Waals surface area contributed by atoms with Gasteiger partial charge in [-0.25, -0.2) is 0 Å². The van der Waals surface area contributed by atoms with Crippen LogP contribution in [0.4, 0.5) is 5.69 Å². The molecule has 1 aromatic carbocycles. The van der Waals surface area contributed by atoms with Crippen molar-refractivity contribution in [2.45, 2.75) is 26.3 Å². The summed E-state index contributed by atoms with van der Waals surface area (Å²) >= 11 is 0. The highest BCUT2D eigenvalue weighted by molar-refractivity contribution is 5.56. The molecular formula is C14H20N2. The number of rotatable bonds is 2. The molecule has 1 aromatic rings. The van der Waals surface area contributed by atoms with E-state index < -0.39 is 0 Å². The summed E-state index contributed by atoms with van der Waals surface area (Å²) in [4.78, 5) is 2.41. The van der Waals surface area contributed by atoms with Crippen LogP contribution in [0.25, 0.3) is 0 Å². The predicted octanol–water partition coefficient (Wildman–Crippen LogP) is 2.86. The average molecular weight is 216 g/mol. The molecule has 0 bridgehead atoms. The molecule has 86 valence electrons. The summed E-state index contributed by atoms with van der Waals surface area (Å²) in [5.41, 5.74) is 10.0. The Morgan fingerprint density at radius 1 is 1.31 bits per heavy atom. The molecule has 1 atom stereocenters. The zero-order valence-electron chi connectivity index (χ0n) is 10.1. The summed E-state index contributed by atoms with van der Waals surface area (Å²) in [5, 5.41) is 0. The van der Waals surface area contributed by atoms with Crippen LogP contribution in [0.15, 0.2) is 35.9 Å². The first-order valence-corrected chi connectivity index (χ1v) is 5.93. The number of nitrogens with two attached hydrogens (primary N) is 1. The molecule has 1 heterocycles. The topological polar surface area (TPSA) is 29.3 Å². The van der Waals surface area contributed by atoms with E-state index in [4.69, 9.17) is 5.73 Å². The van der Waals surface area contributed by atoms with Gasteiger partial charge in [-0.3, -0.25) is 0 Å². The molecule has 1 aliphatic heterocycles. The van der Waals surface area contributed by atoms with E-state index in [9.17, 15) is 0 Å². The maximum Gasteiger partial charge on any atom is 0.0417 e. The lowest BCUT2D eigenvalue weighted by Gasteiger charge is -2.30. The number of anilines is 1. The minimum absolute atomic E-state index is 0.100. The summed E-state index contributed by atoms with van der Waals surface area (Å²) in [6.45, 7) is 6.36. The van der Waals surface area contributed by atoms with Crippen molar-refractivity contribution in [3.8, 4) is 0 Å². The van der Waals surface area contributed by atoms with E-state index in [1.54, 1.807) is 0 Å². The van der Waals surface area contributed by atoms with E-state index in [1.807, 2.05) is 6.92 Å². The van der Waals surface area contributed by atoms with Crippen LogP contribution in [0, 0.1) is 0 Å². The van der Waals surface area contributed by atoms with Crippen molar-refractivity contribution in [3.63, 3.8) is 0 Å². The summed E-state index contributed by atoms with van der Waals surface area (Å²) in [5.74, 6) is 0. The number of para-hydroxylation sites is 1. The zero-order chi connectivity index (χ0) is 11.5. The predicted molar refractivity (Wildman–Crippen MR) is 69.6 cm³/mol. The van der Waals surface area contributed by atoms with Crippen molar-refractivity contribution in [3.05, 3.63) is 41.5 Å². The summed E-state index contributed by atoms with van der Waals surface area (Å²) in [7, 11) is 0. The van der Waals surface area contributed by atoms with Crippen LogP contribution in [0.2, 0.25) is 0 Å². The Kier molecular flexibility index (Phi) is 3.30. The molecule has 0 aromatic heterocycles. The van der Waals surface area contributed by atoms with E-state index in [0.717, 1.165) is 19.5 Å². The quantitative estimate of drug-likeness (QED) is 0.770. The third-order valence-electron chi connectivity index (χ3n) is 3.20. The zero-order valence-corrected chi connectivity index (χ0v) is 10.1. The Bertz CT molecular complexity index is 393. The van der Waals surface area contributed by atoms with Gasteiger partial charge >= 0.3 is 0 Å². The second-order valence-corrected chi connectivity index (χ2v) is 4.59. The second kappa shape index (κ2) is 4.71. The molecule has 2 rings (SSSR count). The van der Waals surface area contributed by atoms with Gasteiger partial charge in [-0.1, -0.05) is 29.8 Å². The number of benzene rings is 1. The first kappa shape index (κ1) is 11.2. The van der Waals surface area contributed by atoms with Gasteiger partial charge in [0.15, 0.2) is 0 Å². The molecule has 0 spiro atoms. The van der Waals surface area contributed by atoms with E-state index in [1.165, 1.54) is 16.8 Å². The Balaban J connectivity index is 2.27. The number of hydrogen-bond donors (Lipinski definition) is 1. The SMILES string of the molecule is CC1=CCN(c2ccccc2[C@@H](C)N)CC1. The van der Waals surface area contributed by atoms with Crippen LogP contribution < -0.4 is 10.6 Å². The van der Waals surface area contributed by atoms with Gasteiger partial charge in [0.1, 0.15) is 0 Å². The molecule has 2 nitrogen and oxygen atoms in total. The molecule has 16 heavy (non-hydrogen) atoms. The van der Waals surface area contributed by atoms with Gasteiger partial charge in [0.05, 0.1) is 0 Å². The molecular weight excluding hydrogens is 196 g/mol. The minimum Gasteiger partial charge on any atom is -0.367 e. The molecule has 0 saturated heterocycles. The van der Waals surface area contributed by atoms with Gasteiger partial charge in [0.2, 0.25) is 0 Å². The Morgan fingerprint density at radius 2 is 2.06 bits per heavy atom. The van der Waals surface area contributed by atoms with Crippen LogP contribution >= 0.6 is 0 Å². The Labute approximate surface area is 97.8 Å². The van der Waals surface area contributed by atoms with E-state index >= 15 is 0 Å². The van der Waals surface area contributed by atoms with E-state index in [2.05, 4.69) is 42.2 Å². The van der Waals surface area contributed by atoms with Gasteiger partial charge < -0.3 is 10.6 Å². The maximum atomic E-state index is 6.01. The van der Waals surface area contributed by atoms with Crippen LogP contribution in [-0.2, 0) is 0 Å². The van der Waals surface area contributed by atoms with Crippen molar-refractivity contribution in [2.75, 3.05) is 18.0 Å². The lowest BCUT2D eigenvalue weighted by atomic mass is 10.0. The van der Waals surface area contributed by atoms with Crippen LogP contribution in [0.3, 0.4) is 0 Å². The molecule has 0 aliphatic carbocycles. The Morgan fingerprint density at radius 3 is 2.69 bits per heavy atom. The second-order valence-electron chi connectivity index (χ2n) is 4.59. The van der Waals surface area contributed by atoms with E-state index in [0.29, 0.717) is 0 Å². The first-order chi connectivity index (χ1) is 7.68. The fourth-order valence-electron chi connectivity index (χ4n) is 2.15. The smallest absolute Gasteiger partial charge is 0.0417 e. The number of nitrogens with zero attached hydrogens (tertiary/aromatic N) is 1. The van der Waals surface area contributed by atoms with Gasteiger partial charge in [-0.15, -0.1) is 0 Å². The van der Waals surface area contributed by atoms with Gasteiger partial charge in [0, 0.05) is 24.8 Å². The molecule has 2 heteroatoms. The highest BCUT2D eigenvalue weighted by atomic mass is 15.1. The average Bonchev–Trinajstić information content (AvgIpc) is 2.30. The standard InChI is InChI=1S/C14H20N2/c1-11-7-9-16(10-8-11)14-6-4-3-5-13(14)12(2)15/h3-7,12H,8-10,15H2,1-2H3/t12-/m1/s1. The van der Waals surface area contributed by atoms with Crippen molar-refractivity contribution < 1.29 is 0 Å². The third kappa shape index (κ3) is 2.27. The summed E-state index contributed by atoms with van der Waals surface area (Å²) in [6, 6.07) is 8.56. The lowest BCUT2D eigenvalue weighted by Crippen LogP contribution is -2.29. The molecule has 0 amide bonds. The summed E-state index contributed by atoms with van der Waals surface area (Å²) < 4.78 is 0. The van der Waals surface area contributed by atoms with Crippen molar-refractivity contribution in [1.29, 1.82) is 0 Å². The van der Waals surface area contributed by atoms with Gasteiger partial charge in [0.25, 0.3) is 0 Å².